The second kappa shape index (κ2) is 13.3. The van der Waals surface area contributed by atoms with Crippen molar-refractivity contribution in [2.45, 2.75) is 83.9 Å². The first-order valence-electron chi connectivity index (χ1n) is 15.6. The van der Waals surface area contributed by atoms with Gasteiger partial charge >= 0.3 is 11.9 Å². The topological polar surface area (TPSA) is 190 Å². The fourth-order valence-corrected chi connectivity index (χ4v) is 7.94. The zero-order valence-electron chi connectivity index (χ0n) is 26.3. The molecule has 0 aliphatic carbocycles. The van der Waals surface area contributed by atoms with Crippen LogP contribution in [0.4, 0.5) is 0 Å². The van der Waals surface area contributed by atoms with Gasteiger partial charge in [0.1, 0.15) is 0 Å². The van der Waals surface area contributed by atoms with Crippen LogP contribution in [-0.2, 0) is 56.6 Å². The number of carboxylic acids is 2. The Bertz CT molecular complexity index is 1600. The molecule has 8 N–H and O–H groups in total. The SMILES string of the molecule is CC1=C(CCN)C(=O)N[C@@H]1Cc1[nH]c(Cc2[nH]c(/C=C3\NC(=O)[C@H](C)[C@H]3[C@H]3C[SH+]3)c(C)c2CCC(=O)O)c(CCC(=O)O)c1C. The van der Waals surface area contributed by atoms with Crippen molar-refractivity contribution in [3.63, 3.8) is 0 Å². The summed E-state index contributed by atoms with van der Waals surface area (Å²) in [6, 6.07) is -0.184. The molecular formula is C33H44N5O6S+. The van der Waals surface area contributed by atoms with E-state index >= 15 is 0 Å². The van der Waals surface area contributed by atoms with Gasteiger partial charge in [-0.15, -0.1) is 0 Å². The van der Waals surface area contributed by atoms with E-state index in [1.54, 1.807) is 0 Å². The largest absolute Gasteiger partial charge is 0.481 e. The van der Waals surface area contributed by atoms with Crippen LogP contribution in [0.5, 0.6) is 0 Å². The molecule has 2 fully saturated rings. The summed E-state index contributed by atoms with van der Waals surface area (Å²) < 4.78 is 0. The zero-order valence-corrected chi connectivity index (χ0v) is 27.2. The Labute approximate surface area is 266 Å². The number of aromatic amines is 2. The molecule has 11 nitrogen and oxygen atoms in total. The number of nitrogens with one attached hydrogen (secondary N) is 4. The Morgan fingerprint density at radius 3 is 2.18 bits per heavy atom. The Balaban J connectivity index is 1.50. The first-order chi connectivity index (χ1) is 21.4. The number of carbonyl (C=O) groups excluding carboxylic acids is 2. The summed E-state index contributed by atoms with van der Waals surface area (Å²) in [7, 11) is 0. The minimum atomic E-state index is -0.888. The monoisotopic (exact) mass is 638 g/mol. The van der Waals surface area contributed by atoms with E-state index in [9.17, 15) is 29.4 Å². The minimum Gasteiger partial charge on any atom is -0.481 e. The summed E-state index contributed by atoms with van der Waals surface area (Å²) in [6.45, 7) is 8.26. The third-order valence-electron chi connectivity index (χ3n) is 9.68. The number of carboxylic acid groups (broad SMARTS) is 2. The van der Waals surface area contributed by atoms with Crippen LogP contribution in [0.1, 0.15) is 78.1 Å². The second-order valence-electron chi connectivity index (χ2n) is 12.5. The average molecular weight is 639 g/mol. The fraction of sp³-hybridized carbons (Fsp3) is 0.515. The Morgan fingerprint density at radius 1 is 0.956 bits per heavy atom. The Morgan fingerprint density at radius 2 is 1.58 bits per heavy atom. The van der Waals surface area contributed by atoms with Crippen molar-refractivity contribution in [1.29, 1.82) is 0 Å². The molecule has 5 heterocycles. The number of thiol groups is 1. The molecule has 45 heavy (non-hydrogen) atoms. The normalized spacial score (nSPS) is 23.6. The second-order valence-corrected chi connectivity index (χ2v) is 13.9. The standard InChI is InChI=1S/C33H43N5O6S/c1-15-19(5-7-29(39)40)25(35-22(15)11-24-17(3)21(9-10-34)33(44)37-24)13-26-20(6-8-30(41)42)16(2)23(36-26)12-27-31(28-14-45-28)18(4)32(43)38-27/h12,18,24,28,31,35-36H,5-11,13-14,34H2,1-4H3,(H,37,44)(H,38,43)(H,39,40)(H,41,42)/p+1/b27-12-/t18-,24-,28-,31-/m1/s1. The highest BCUT2D eigenvalue weighted by Crippen LogP contribution is 2.38. The van der Waals surface area contributed by atoms with Gasteiger partial charge in [0.15, 0.2) is 11.0 Å². The molecule has 12 heteroatoms. The zero-order chi connectivity index (χ0) is 32.6. The summed E-state index contributed by atoms with van der Waals surface area (Å²) in [5, 5.41) is 25.6. The van der Waals surface area contributed by atoms with E-state index in [-0.39, 0.29) is 42.5 Å². The number of amides is 2. The highest BCUT2D eigenvalue weighted by atomic mass is 32.2. The minimum absolute atomic E-state index is 0.0278. The van der Waals surface area contributed by atoms with Crippen LogP contribution in [0.25, 0.3) is 6.08 Å². The van der Waals surface area contributed by atoms with Crippen molar-refractivity contribution in [2.75, 3.05) is 12.3 Å². The van der Waals surface area contributed by atoms with Crippen LogP contribution in [0.3, 0.4) is 0 Å². The third-order valence-corrected chi connectivity index (χ3v) is 10.8. The molecule has 2 aromatic rings. The molecule has 0 spiro atoms. The van der Waals surface area contributed by atoms with Crippen molar-refractivity contribution in [3.05, 3.63) is 61.9 Å². The maximum absolute atomic E-state index is 12.6. The van der Waals surface area contributed by atoms with Crippen LogP contribution in [0.15, 0.2) is 16.8 Å². The van der Waals surface area contributed by atoms with Crippen LogP contribution >= 0.6 is 0 Å². The van der Waals surface area contributed by atoms with Crippen LogP contribution in [-0.4, -0.2) is 67.5 Å². The summed E-state index contributed by atoms with van der Waals surface area (Å²) in [5.74, 6) is -0.710. The maximum Gasteiger partial charge on any atom is 0.303 e. The highest BCUT2D eigenvalue weighted by molar-refractivity contribution is 7.86. The molecule has 3 aliphatic rings. The first-order valence-corrected chi connectivity index (χ1v) is 16.8. The average Bonchev–Trinajstić information content (AvgIpc) is 3.56. The number of hydrogen-bond acceptors (Lipinski definition) is 5. The van der Waals surface area contributed by atoms with Crippen molar-refractivity contribution < 1.29 is 29.4 Å². The van der Waals surface area contributed by atoms with Gasteiger partial charge in [-0.25, -0.2) is 0 Å². The molecule has 0 aromatic carbocycles. The Hall–Kier alpha value is -3.77. The Kier molecular flexibility index (Phi) is 9.64. The lowest BCUT2D eigenvalue weighted by molar-refractivity contribution is -0.138. The lowest BCUT2D eigenvalue weighted by atomic mass is 9.91. The molecular weight excluding hydrogens is 594 g/mol. The molecule has 2 amide bonds. The van der Waals surface area contributed by atoms with Gasteiger partial charge in [-0.2, -0.15) is 0 Å². The molecule has 0 saturated carbocycles. The number of aliphatic carboxylic acids is 2. The van der Waals surface area contributed by atoms with Gasteiger partial charge in [0.25, 0.3) is 0 Å². The number of hydrogen-bond donors (Lipinski definition) is 7. The van der Waals surface area contributed by atoms with E-state index in [1.807, 2.05) is 33.8 Å². The van der Waals surface area contributed by atoms with E-state index in [4.69, 9.17) is 5.73 Å². The third kappa shape index (κ3) is 6.91. The van der Waals surface area contributed by atoms with E-state index in [0.717, 1.165) is 67.6 Å². The predicted molar refractivity (Wildman–Crippen MR) is 174 cm³/mol. The number of carbonyl (C=O) groups is 4. The van der Waals surface area contributed by atoms with E-state index < -0.39 is 11.9 Å². The van der Waals surface area contributed by atoms with Gasteiger partial charge in [-0.05, 0) is 92.2 Å². The van der Waals surface area contributed by atoms with Gasteiger partial charge < -0.3 is 36.5 Å². The fourth-order valence-electron chi connectivity index (χ4n) is 6.94. The van der Waals surface area contributed by atoms with Gasteiger partial charge in [-0.1, -0.05) is 6.92 Å². The highest BCUT2D eigenvalue weighted by Gasteiger charge is 2.52. The van der Waals surface area contributed by atoms with Crippen molar-refractivity contribution in [3.8, 4) is 0 Å². The quantitative estimate of drug-likeness (QED) is 0.0937. The molecule has 5 rings (SSSR count). The summed E-state index contributed by atoms with van der Waals surface area (Å²) in [6.07, 6.45) is 4.09. The van der Waals surface area contributed by atoms with Crippen molar-refractivity contribution in [1.82, 2.24) is 20.6 Å². The molecule has 4 atom stereocenters. The number of allylic oxidation sites excluding steroid dienone is 1. The number of aromatic nitrogens is 2. The van der Waals surface area contributed by atoms with Gasteiger partial charge in [-0.3, -0.25) is 19.2 Å². The molecule has 3 aliphatic heterocycles. The number of H-pyrrole nitrogens is 2. The van der Waals surface area contributed by atoms with Crippen LogP contribution < -0.4 is 16.4 Å². The van der Waals surface area contributed by atoms with E-state index in [1.165, 1.54) is 11.8 Å². The summed E-state index contributed by atoms with van der Waals surface area (Å²) >= 11 is 1.36. The molecule has 0 bridgehead atoms. The number of nitrogens with two attached hydrogens (primary N) is 1. The maximum atomic E-state index is 12.6. The molecule has 2 saturated heterocycles. The molecule has 2 aromatic heterocycles. The predicted octanol–water partition coefficient (Wildman–Crippen LogP) is 2.21. The van der Waals surface area contributed by atoms with Crippen LogP contribution in [0.2, 0.25) is 0 Å². The van der Waals surface area contributed by atoms with Crippen LogP contribution in [0, 0.1) is 25.7 Å². The van der Waals surface area contributed by atoms with Crippen molar-refractivity contribution in [2.24, 2.45) is 17.6 Å². The lowest BCUT2D eigenvalue weighted by Crippen LogP contribution is -2.30. The van der Waals surface area contributed by atoms with E-state index in [2.05, 4.69) is 20.6 Å². The molecule has 0 unspecified atom stereocenters. The smallest absolute Gasteiger partial charge is 0.303 e. The van der Waals surface area contributed by atoms with Gasteiger partial charge in [0.05, 0.1) is 12.0 Å². The summed E-state index contributed by atoms with van der Waals surface area (Å²) in [5.41, 5.74) is 15.6. The lowest BCUT2D eigenvalue weighted by Gasteiger charge is -2.12. The van der Waals surface area contributed by atoms with Gasteiger partial charge in [0.2, 0.25) is 11.8 Å². The first kappa shape index (κ1) is 32.6. The van der Waals surface area contributed by atoms with Crippen molar-refractivity contribution >= 4 is 41.6 Å². The number of rotatable bonds is 14. The molecule has 242 valence electrons. The van der Waals surface area contributed by atoms with Gasteiger partial charge in [0, 0.05) is 65.6 Å². The molecule has 0 radical (unpaired) electrons. The van der Waals surface area contributed by atoms with E-state index in [0.29, 0.717) is 43.9 Å². The summed E-state index contributed by atoms with van der Waals surface area (Å²) in [4.78, 5) is 55.5.